The number of Topliss-reactive ketones (excluding diaryl/α,β-unsaturated/α-hetero) is 1. The highest BCUT2D eigenvalue weighted by atomic mass is 16.6. The molecule has 0 unspecified atom stereocenters. The van der Waals surface area contributed by atoms with Gasteiger partial charge in [-0.2, -0.15) is 0 Å². The summed E-state index contributed by atoms with van der Waals surface area (Å²) in [6.07, 6.45) is -0.879. The van der Waals surface area contributed by atoms with E-state index in [1.165, 1.54) is 11.8 Å². The summed E-state index contributed by atoms with van der Waals surface area (Å²) in [6, 6.07) is 8.81. The van der Waals surface area contributed by atoms with Crippen molar-refractivity contribution in [2.75, 3.05) is 0 Å². The number of carbonyl (C=O) groups excluding carboxylic acids is 2. The molecule has 0 N–H and O–H groups in total. The molecule has 1 saturated heterocycles. The molecule has 0 spiro atoms. The van der Waals surface area contributed by atoms with Gasteiger partial charge in [-0.15, -0.1) is 0 Å². The minimum absolute atomic E-state index is 0.107. The van der Waals surface area contributed by atoms with Gasteiger partial charge in [0.25, 0.3) is 0 Å². The minimum atomic E-state index is -0.858. The summed E-state index contributed by atoms with van der Waals surface area (Å²) in [6.45, 7) is 6.94. The first-order valence-corrected chi connectivity index (χ1v) is 7.01. The molecule has 1 amide bonds. The molecule has 1 aliphatic heterocycles. The second kappa shape index (κ2) is 5.85. The van der Waals surface area contributed by atoms with Gasteiger partial charge in [-0.25, -0.2) is 4.79 Å². The van der Waals surface area contributed by atoms with Crippen LogP contribution < -0.4 is 0 Å². The second-order valence-electron chi connectivity index (χ2n) is 5.74. The Morgan fingerprint density at radius 2 is 1.90 bits per heavy atom. The molecule has 0 aromatic heterocycles. The van der Waals surface area contributed by atoms with E-state index in [0.717, 1.165) is 5.56 Å². The largest absolute Gasteiger partial charge is 0.444 e. The minimum Gasteiger partial charge on any atom is -0.444 e. The quantitative estimate of drug-likeness (QED) is 0.859. The van der Waals surface area contributed by atoms with Gasteiger partial charge in [0.15, 0.2) is 5.78 Å². The van der Waals surface area contributed by atoms with Crippen molar-refractivity contribution in [3.05, 3.63) is 35.9 Å². The van der Waals surface area contributed by atoms with Crippen LogP contribution in [0.2, 0.25) is 0 Å². The average molecular weight is 291 g/mol. The van der Waals surface area contributed by atoms with Crippen LogP contribution in [-0.4, -0.2) is 34.6 Å². The molecular formula is C16H21NO4. The van der Waals surface area contributed by atoms with Crippen LogP contribution in [0.25, 0.3) is 0 Å². The van der Waals surface area contributed by atoms with Crippen molar-refractivity contribution in [1.82, 2.24) is 4.90 Å². The summed E-state index contributed by atoms with van der Waals surface area (Å²) in [4.78, 5) is 25.6. The van der Waals surface area contributed by atoms with Crippen LogP contribution in [0.1, 0.15) is 33.3 Å². The van der Waals surface area contributed by atoms with Crippen molar-refractivity contribution in [3.8, 4) is 0 Å². The van der Waals surface area contributed by atoms with Crippen molar-refractivity contribution in [2.24, 2.45) is 0 Å². The monoisotopic (exact) mass is 291 g/mol. The van der Waals surface area contributed by atoms with E-state index in [-0.39, 0.29) is 18.5 Å². The number of nitrogens with zero attached hydrogens (tertiary/aromatic N) is 1. The fourth-order valence-corrected chi connectivity index (χ4v) is 2.76. The van der Waals surface area contributed by atoms with E-state index in [2.05, 4.69) is 0 Å². The van der Waals surface area contributed by atoms with E-state index in [4.69, 9.17) is 9.47 Å². The summed E-state index contributed by atoms with van der Waals surface area (Å²) < 4.78 is 11.0. The molecule has 1 aromatic rings. The van der Waals surface area contributed by atoms with E-state index in [1.807, 2.05) is 30.3 Å². The van der Waals surface area contributed by atoms with E-state index in [1.54, 1.807) is 20.8 Å². The maximum absolute atomic E-state index is 12.4. The van der Waals surface area contributed by atoms with Crippen molar-refractivity contribution >= 4 is 11.9 Å². The zero-order valence-electron chi connectivity index (χ0n) is 12.8. The average Bonchev–Trinajstić information content (AvgIpc) is 2.66. The van der Waals surface area contributed by atoms with Gasteiger partial charge in [0.1, 0.15) is 18.4 Å². The van der Waals surface area contributed by atoms with Gasteiger partial charge in [-0.3, -0.25) is 9.69 Å². The third-order valence-electron chi connectivity index (χ3n) is 3.60. The zero-order valence-corrected chi connectivity index (χ0v) is 12.8. The van der Waals surface area contributed by atoms with Crippen molar-refractivity contribution in [3.63, 3.8) is 0 Å². The van der Waals surface area contributed by atoms with Gasteiger partial charge >= 0.3 is 6.09 Å². The van der Waals surface area contributed by atoms with Gasteiger partial charge in [0.05, 0.1) is 6.10 Å². The van der Waals surface area contributed by atoms with Crippen molar-refractivity contribution in [2.45, 2.75) is 52.2 Å². The lowest BCUT2D eigenvalue weighted by Crippen LogP contribution is -2.51. The molecule has 2 atom stereocenters. The second-order valence-corrected chi connectivity index (χ2v) is 5.74. The fraction of sp³-hybridized carbons (Fsp3) is 0.500. The highest BCUT2D eigenvalue weighted by Gasteiger charge is 2.50. The molecule has 114 valence electrons. The van der Waals surface area contributed by atoms with Crippen molar-refractivity contribution in [1.29, 1.82) is 0 Å². The van der Waals surface area contributed by atoms with Gasteiger partial charge in [0.2, 0.25) is 0 Å². The predicted octanol–water partition coefficient (Wildman–Crippen LogP) is 2.74. The first-order valence-electron chi connectivity index (χ1n) is 7.01. The highest BCUT2D eigenvalue weighted by molar-refractivity contribution is 5.87. The van der Waals surface area contributed by atoms with Crippen LogP contribution in [0.5, 0.6) is 0 Å². The first-order chi connectivity index (χ1) is 9.83. The molecule has 21 heavy (non-hydrogen) atoms. The number of benzene rings is 1. The third-order valence-corrected chi connectivity index (χ3v) is 3.60. The molecule has 0 saturated carbocycles. The van der Waals surface area contributed by atoms with Crippen LogP contribution in [0.3, 0.4) is 0 Å². The normalized spacial score (nSPS) is 23.9. The van der Waals surface area contributed by atoms with Gasteiger partial charge in [-0.05, 0) is 33.3 Å². The lowest BCUT2D eigenvalue weighted by atomic mass is 10.1. The Hall–Kier alpha value is -1.88. The Labute approximate surface area is 124 Å². The van der Waals surface area contributed by atoms with Crippen molar-refractivity contribution < 1.29 is 19.1 Å². The SMILES string of the molecule is CC(=O)[C@H]1[C@H](C)OC(C)(C)N1C(=O)OCc1ccccc1. The third kappa shape index (κ3) is 3.24. The maximum atomic E-state index is 12.4. The predicted molar refractivity (Wildman–Crippen MR) is 77.6 cm³/mol. The van der Waals surface area contributed by atoms with Gasteiger partial charge in [0, 0.05) is 0 Å². The summed E-state index contributed by atoms with van der Waals surface area (Å²) in [5.74, 6) is -0.107. The number of rotatable bonds is 3. The maximum Gasteiger partial charge on any atom is 0.413 e. The Morgan fingerprint density at radius 3 is 2.48 bits per heavy atom. The topological polar surface area (TPSA) is 55.8 Å². The fourth-order valence-electron chi connectivity index (χ4n) is 2.76. The zero-order chi connectivity index (χ0) is 15.6. The van der Waals surface area contributed by atoms with E-state index in [9.17, 15) is 9.59 Å². The number of amides is 1. The van der Waals surface area contributed by atoms with Crippen LogP contribution in [0.15, 0.2) is 30.3 Å². The summed E-state index contributed by atoms with van der Waals surface area (Å²) in [5.41, 5.74) is 0.0416. The first kappa shape index (κ1) is 15.5. The van der Waals surface area contributed by atoms with Crippen LogP contribution >= 0.6 is 0 Å². The number of ether oxygens (including phenoxy) is 2. The Morgan fingerprint density at radius 1 is 1.29 bits per heavy atom. The van der Waals surface area contributed by atoms with Gasteiger partial charge < -0.3 is 9.47 Å². The van der Waals surface area contributed by atoms with Crippen LogP contribution in [0.4, 0.5) is 4.79 Å². The smallest absolute Gasteiger partial charge is 0.413 e. The standard InChI is InChI=1S/C16H21NO4/c1-11(18)14-12(2)21-16(3,4)17(14)15(19)20-10-13-8-6-5-7-9-13/h5-9,12,14H,10H2,1-4H3/t12-,14-/m0/s1. The molecule has 0 aliphatic carbocycles. The molecule has 5 heteroatoms. The Balaban J connectivity index is 2.10. The van der Waals surface area contributed by atoms with Crippen LogP contribution in [0, 0.1) is 0 Å². The van der Waals surface area contributed by atoms with Crippen LogP contribution in [-0.2, 0) is 20.9 Å². The van der Waals surface area contributed by atoms with E-state index in [0.29, 0.717) is 0 Å². The number of carbonyl (C=O) groups is 2. The summed E-state index contributed by atoms with van der Waals surface area (Å²) in [5, 5.41) is 0. The Bertz CT molecular complexity index is 526. The molecule has 1 heterocycles. The lowest BCUT2D eigenvalue weighted by molar-refractivity contribution is -0.122. The van der Waals surface area contributed by atoms with Gasteiger partial charge in [-0.1, -0.05) is 30.3 Å². The lowest BCUT2D eigenvalue weighted by Gasteiger charge is -2.31. The number of ketones is 1. The highest BCUT2D eigenvalue weighted by Crippen LogP contribution is 2.33. The molecule has 0 radical (unpaired) electrons. The molecule has 2 rings (SSSR count). The summed E-state index contributed by atoms with van der Waals surface area (Å²) >= 11 is 0. The molecule has 1 fully saturated rings. The molecule has 5 nitrogen and oxygen atoms in total. The number of hydrogen-bond donors (Lipinski definition) is 0. The summed E-state index contributed by atoms with van der Waals surface area (Å²) in [7, 11) is 0. The molecule has 1 aliphatic rings. The molecule has 0 bridgehead atoms. The van der Waals surface area contributed by atoms with E-state index >= 15 is 0 Å². The number of hydrogen-bond acceptors (Lipinski definition) is 4. The molecular weight excluding hydrogens is 270 g/mol. The molecule has 1 aromatic carbocycles. The van der Waals surface area contributed by atoms with E-state index < -0.39 is 17.9 Å². The Kier molecular flexibility index (Phi) is 4.32.